The maximum Gasteiger partial charge on any atom is 0.219 e. The van der Waals surface area contributed by atoms with E-state index in [0.717, 1.165) is 46.9 Å². The van der Waals surface area contributed by atoms with Gasteiger partial charge >= 0.3 is 0 Å². The minimum Gasteiger partial charge on any atom is -0.494 e. The van der Waals surface area contributed by atoms with E-state index in [0.29, 0.717) is 19.7 Å². The third-order valence-corrected chi connectivity index (χ3v) is 4.79. The normalized spacial score (nSPS) is 14.6. The Morgan fingerprint density at radius 3 is 2.74 bits per heavy atom. The fraction of sp³-hybridized carbons (Fsp3) is 0.368. The van der Waals surface area contributed by atoms with Gasteiger partial charge in [-0.05, 0) is 25.1 Å². The molecule has 3 aromatic rings. The number of aromatic nitrogens is 4. The molecule has 1 aliphatic heterocycles. The van der Waals surface area contributed by atoms with Gasteiger partial charge in [0.15, 0.2) is 0 Å². The average molecular weight is 366 g/mol. The van der Waals surface area contributed by atoms with Crippen molar-refractivity contribution in [3.63, 3.8) is 0 Å². The van der Waals surface area contributed by atoms with Gasteiger partial charge in [0.05, 0.1) is 17.8 Å². The lowest BCUT2D eigenvalue weighted by Gasteiger charge is -2.34. The number of carbonyl (C=O) groups excluding carboxylic acids is 1. The molecule has 27 heavy (non-hydrogen) atoms. The number of nitrogens with one attached hydrogen (secondary N) is 1. The van der Waals surface area contributed by atoms with Gasteiger partial charge in [0, 0.05) is 44.6 Å². The van der Waals surface area contributed by atoms with Crippen LogP contribution in [0, 0.1) is 0 Å². The number of anilines is 1. The molecule has 1 fully saturated rings. The molecular formula is C19H22N6O2. The molecule has 8 heteroatoms. The lowest BCUT2D eigenvalue weighted by molar-refractivity contribution is -0.129. The Morgan fingerprint density at radius 1 is 1.19 bits per heavy atom. The molecule has 0 atom stereocenters. The van der Waals surface area contributed by atoms with E-state index >= 15 is 0 Å². The van der Waals surface area contributed by atoms with E-state index < -0.39 is 0 Å². The number of nitrogens with zero attached hydrogens (tertiary/aromatic N) is 5. The summed E-state index contributed by atoms with van der Waals surface area (Å²) in [4.78, 5) is 24.4. The Bertz CT molecular complexity index is 962. The Hall–Kier alpha value is -3.16. The van der Waals surface area contributed by atoms with Crippen LogP contribution in [-0.2, 0) is 4.79 Å². The molecule has 0 unspecified atom stereocenters. The van der Waals surface area contributed by atoms with E-state index in [1.165, 1.54) is 0 Å². The Labute approximate surface area is 157 Å². The second-order valence-electron chi connectivity index (χ2n) is 6.47. The molecule has 1 aromatic carbocycles. The van der Waals surface area contributed by atoms with Crippen molar-refractivity contribution >= 4 is 22.6 Å². The molecule has 4 rings (SSSR count). The number of H-pyrrole nitrogens is 1. The smallest absolute Gasteiger partial charge is 0.219 e. The minimum atomic E-state index is 0.117. The van der Waals surface area contributed by atoms with Gasteiger partial charge in [0.1, 0.15) is 23.6 Å². The van der Waals surface area contributed by atoms with Crippen molar-refractivity contribution in [3.8, 4) is 17.1 Å². The van der Waals surface area contributed by atoms with Gasteiger partial charge in [-0.2, -0.15) is 5.10 Å². The first-order valence-corrected chi connectivity index (χ1v) is 9.09. The van der Waals surface area contributed by atoms with E-state index in [4.69, 9.17) is 4.74 Å². The first-order valence-electron chi connectivity index (χ1n) is 9.09. The summed E-state index contributed by atoms with van der Waals surface area (Å²) in [5, 5.41) is 8.46. The summed E-state index contributed by atoms with van der Waals surface area (Å²) in [6.45, 7) is 7.11. The highest BCUT2D eigenvalue weighted by atomic mass is 16.5. The zero-order valence-electron chi connectivity index (χ0n) is 15.5. The lowest BCUT2D eigenvalue weighted by atomic mass is 10.1. The summed E-state index contributed by atoms with van der Waals surface area (Å²) in [6, 6.07) is 7.81. The van der Waals surface area contributed by atoms with Crippen LogP contribution >= 0.6 is 0 Å². The van der Waals surface area contributed by atoms with Gasteiger partial charge in [0.25, 0.3) is 0 Å². The Morgan fingerprint density at radius 2 is 2.00 bits per heavy atom. The summed E-state index contributed by atoms with van der Waals surface area (Å²) in [6.07, 6.45) is 1.56. The molecular weight excluding hydrogens is 344 g/mol. The first kappa shape index (κ1) is 17.3. The van der Waals surface area contributed by atoms with E-state index in [9.17, 15) is 4.79 Å². The second kappa shape index (κ2) is 7.22. The quantitative estimate of drug-likeness (QED) is 0.761. The zero-order chi connectivity index (χ0) is 18.8. The number of carbonyl (C=O) groups is 1. The summed E-state index contributed by atoms with van der Waals surface area (Å²) < 4.78 is 5.61. The molecule has 0 bridgehead atoms. The van der Waals surface area contributed by atoms with Crippen LogP contribution in [0.25, 0.3) is 22.3 Å². The van der Waals surface area contributed by atoms with Crippen LogP contribution in [-0.4, -0.2) is 63.8 Å². The molecule has 1 N–H and O–H groups in total. The minimum absolute atomic E-state index is 0.117. The summed E-state index contributed by atoms with van der Waals surface area (Å²) in [5.41, 5.74) is 2.47. The standard InChI is InChI=1S/C19H22N6O2/c1-3-27-14-4-5-16-15(10-14)19(23-22-16)17-11-18(21-12-20-17)25-8-6-24(7-9-25)13(2)26/h4-5,10-12H,3,6-9H2,1-2H3,(H,22,23). The zero-order valence-corrected chi connectivity index (χ0v) is 15.5. The van der Waals surface area contributed by atoms with Crippen molar-refractivity contribution in [2.75, 3.05) is 37.7 Å². The second-order valence-corrected chi connectivity index (χ2v) is 6.47. The highest BCUT2D eigenvalue weighted by molar-refractivity contribution is 5.93. The van der Waals surface area contributed by atoms with Crippen molar-refractivity contribution in [1.29, 1.82) is 0 Å². The number of fused-ring (bicyclic) bond motifs is 1. The third kappa shape index (κ3) is 3.42. The lowest BCUT2D eigenvalue weighted by Crippen LogP contribution is -2.48. The number of piperazine rings is 1. The maximum absolute atomic E-state index is 11.5. The number of benzene rings is 1. The van der Waals surface area contributed by atoms with Crippen LogP contribution in [0.4, 0.5) is 5.82 Å². The largest absolute Gasteiger partial charge is 0.494 e. The highest BCUT2D eigenvalue weighted by Gasteiger charge is 2.20. The summed E-state index contributed by atoms with van der Waals surface area (Å²) in [7, 11) is 0. The van der Waals surface area contributed by atoms with Crippen molar-refractivity contribution < 1.29 is 9.53 Å². The van der Waals surface area contributed by atoms with Crippen molar-refractivity contribution in [2.24, 2.45) is 0 Å². The SMILES string of the molecule is CCOc1ccc2[nH]nc(-c3cc(N4CCN(C(C)=O)CC4)ncn3)c2c1. The van der Waals surface area contributed by atoms with E-state index in [2.05, 4.69) is 25.1 Å². The number of ether oxygens (including phenoxy) is 1. The van der Waals surface area contributed by atoms with Crippen LogP contribution in [0.3, 0.4) is 0 Å². The number of hydrogen-bond donors (Lipinski definition) is 1. The number of aromatic amines is 1. The van der Waals surface area contributed by atoms with Crippen LogP contribution < -0.4 is 9.64 Å². The Kier molecular flexibility index (Phi) is 4.62. The predicted molar refractivity (Wildman–Crippen MR) is 103 cm³/mol. The van der Waals surface area contributed by atoms with Crippen LogP contribution in [0.2, 0.25) is 0 Å². The van der Waals surface area contributed by atoms with Crippen molar-refractivity contribution in [2.45, 2.75) is 13.8 Å². The molecule has 1 aliphatic rings. The van der Waals surface area contributed by atoms with Gasteiger partial charge in [-0.25, -0.2) is 9.97 Å². The average Bonchev–Trinajstić information content (AvgIpc) is 3.12. The van der Waals surface area contributed by atoms with Crippen LogP contribution in [0.15, 0.2) is 30.6 Å². The number of amides is 1. The molecule has 0 aliphatic carbocycles. The summed E-state index contributed by atoms with van der Waals surface area (Å²) in [5.74, 6) is 1.77. The van der Waals surface area contributed by atoms with Gasteiger partial charge in [-0.3, -0.25) is 9.89 Å². The Balaban J connectivity index is 1.62. The number of hydrogen-bond acceptors (Lipinski definition) is 6. The molecule has 8 nitrogen and oxygen atoms in total. The van der Waals surface area contributed by atoms with Gasteiger partial charge in [-0.15, -0.1) is 0 Å². The summed E-state index contributed by atoms with van der Waals surface area (Å²) >= 11 is 0. The van der Waals surface area contributed by atoms with E-state index in [1.54, 1.807) is 13.3 Å². The molecule has 0 spiro atoms. The first-order chi connectivity index (χ1) is 13.2. The van der Waals surface area contributed by atoms with Crippen molar-refractivity contribution in [1.82, 2.24) is 25.1 Å². The molecule has 1 amide bonds. The van der Waals surface area contributed by atoms with Gasteiger partial charge in [0.2, 0.25) is 5.91 Å². The fourth-order valence-corrected chi connectivity index (χ4v) is 3.34. The monoisotopic (exact) mass is 366 g/mol. The predicted octanol–water partition coefficient (Wildman–Crippen LogP) is 2.09. The van der Waals surface area contributed by atoms with Crippen LogP contribution in [0.5, 0.6) is 5.75 Å². The van der Waals surface area contributed by atoms with Crippen molar-refractivity contribution in [3.05, 3.63) is 30.6 Å². The third-order valence-electron chi connectivity index (χ3n) is 4.79. The van der Waals surface area contributed by atoms with Crippen LogP contribution in [0.1, 0.15) is 13.8 Å². The van der Waals surface area contributed by atoms with E-state index in [-0.39, 0.29) is 5.91 Å². The molecule has 1 saturated heterocycles. The molecule has 2 aromatic heterocycles. The number of rotatable bonds is 4. The van der Waals surface area contributed by atoms with E-state index in [1.807, 2.05) is 36.1 Å². The van der Waals surface area contributed by atoms with Gasteiger partial charge < -0.3 is 14.5 Å². The highest BCUT2D eigenvalue weighted by Crippen LogP contribution is 2.29. The van der Waals surface area contributed by atoms with Gasteiger partial charge in [-0.1, -0.05) is 0 Å². The fourth-order valence-electron chi connectivity index (χ4n) is 3.34. The molecule has 3 heterocycles. The molecule has 0 radical (unpaired) electrons. The molecule has 0 saturated carbocycles. The molecule has 140 valence electrons. The maximum atomic E-state index is 11.5. The topological polar surface area (TPSA) is 87.2 Å².